The minimum absolute atomic E-state index is 0.00485. The Balaban J connectivity index is 0.00000190. The molecule has 0 aliphatic carbocycles. The Morgan fingerprint density at radius 1 is 1.04 bits per heavy atom. The molecule has 0 fully saturated rings. The SMILES string of the molecule is Cc1cc(C(C)(C)C)cc(Pc2ccc(F)cc2C[N-]C(C)(C)C)c1O.[Cl][Ti+]. The van der Waals surface area contributed by atoms with Crippen LogP contribution >= 0.6 is 17.9 Å². The Morgan fingerprint density at radius 3 is 2.18 bits per heavy atom. The number of rotatable bonds is 4. The van der Waals surface area contributed by atoms with Crippen LogP contribution in [0.4, 0.5) is 4.39 Å². The Morgan fingerprint density at radius 2 is 1.64 bits per heavy atom. The summed E-state index contributed by atoms with van der Waals surface area (Å²) in [5, 5.41) is 17.1. The normalized spacial score (nSPS) is 12.1. The van der Waals surface area contributed by atoms with Crippen molar-refractivity contribution >= 4 is 28.5 Å². The molecule has 1 unspecified atom stereocenters. The number of phenolic OH excluding ortho intramolecular Hbond substituents is 1. The monoisotopic (exact) mass is 457 g/mol. The van der Waals surface area contributed by atoms with E-state index in [1.807, 2.05) is 39.8 Å². The summed E-state index contributed by atoms with van der Waals surface area (Å²) in [6.07, 6.45) is 0. The quantitative estimate of drug-likeness (QED) is 0.435. The molecule has 2 nitrogen and oxygen atoms in total. The first-order chi connectivity index (χ1) is 12.9. The van der Waals surface area contributed by atoms with Gasteiger partial charge in [0.2, 0.25) is 0 Å². The van der Waals surface area contributed by atoms with Gasteiger partial charge in [-0.1, -0.05) is 67.8 Å². The summed E-state index contributed by atoms with van der Waals surface area (Å²) in [6.45, 7) is 15.0. The number of phenols is 1. The fourth-order valence-electron chi connectivity index (χ4n) is 2.59. The van der Waals surface area contributed by atoms with Gasteiger partial charge >= 0.3 is 28.7 Å². The van der Waals surface area contributed by atoms with E-state index >= 15 is 0 Å². The molecule has 2 aromatic rings. The van der Waals surface area contributed by atoms with Crippen LogP contribution in [0, 0.1) is 12.7 Å². The molecule has 0 saturated carbocycles. The fraction of sp³-hybridized carbons (Fsp3) is 0.455. The Kier molecular flexibility index (Phi) is 9.65. The molecule has 1 atom stereocenters. The Bertz CT molecular complexity index is 800. The first-order valence-electron chi connectivity index (χ1n) is 9.14. The third kappa shape index (κ3) is 7.77. The molecule has 0 amide bonds. The van der Waals surface area contributed by atoms with Crippen LogP contribution in [-0.4, -0.2) is 10.6 Å². The summed E-state index contributed by atoms with van der Waals surface area (Å²) in [6, 6.07) is 8.99. The molecule has 0 saturated heterocycles. The molecule has 152 valence electrons. The van der Waals surface area contributed by atoms with Gasteiger partial charge in [0.05, 0.1) is 0 Å². The van der Waals surface area contributed by atoms with Crippen molar-refractivity contribution in [2.45, 2.75) is 66.0 Å². The van der Waals surface area contributed by atoms with E-state index in [-0.39, 0.29) is 25.4 Å². The van der Waals surface area contributed by atoms with Crippen LogP contribution in [0.25, 0.3) is 5.32 Å². The van der Waals surface area contributed by atoms with E-state index in [0.717, 1.165) is 21.7 Å². The molecule has 0 spiro atoms. The molecule has 2 rings (SSSR count). The first kappa shape index (κ1) is 25.6. The average Bonchev–Trinajstić information content (AvgIpc) is 2.59. The average molecular weight is 458 g/mol. The van der Waals surface area contributed by atoms with Crippen LogP contribution in [0.3, 0.4) is 0 Å². The second-order valence-electron chi connectivity index (χ2n) is 8.85. The van der Waals surface area contributed by atoms with Crippen LogP contribution in [0.5, 0.6) is 5.75 Å². The van der Waals surface area contributed by atoms with Gasteiger partial charge in [-0.25, -0.2) is 4.39 Å². The van der Waals surface area contributed by atoms with Crippen molar-refractivity contribution in [2.24, 2.45) is 0 Å². The number of hydrogen-bond acceptors (Lipinski definition) is 1. The summed E-state index contributed by atoms with van der Waals surface area (Å²) in [7, 11) is 4.90. The van der Waals surface area contributed by atoms with Crippen LogP contribution < -0.4 is 10.6 Å². The van der Waals surface area contributed by atoms with E-state index in [9.17, 15) is 9.50 Å². The molecule has 2 aromatic carbocycles. The molecule has 0 heterocycles. The van der Waals surface area contributed by atoms with E-state index in [4.69, 9.17) is 0 Å². The second kappa shape index (κ2) is 10.6. The van der Waals surface area contributed by atoms with E-state index in [2.05, 4.69) is 41.5 Å². The zero-order valence-corrected chi connectivity index (χ0v) is 21.1. The predicted molar refractivity (Wildman–Crippen MR) is 118 cm³/mol. The molecule has 0 aliphatic heterocycles. The number of benzene rings is 2. The van der Waals surface area contributed by atoms with E-state index in [1.165, 1.54) is 31.0 Å². The fourth-order valence-corrected chi connectivity index (χ4v) is 3.90. The molecule has 0 bridgehead atoms. The second-order valence-corrected chi connectivity index (χ2v) is 10.2. The van der Waals surface area contributed by atoms with Crippen molar-refractivity contribution < 1.29 is 28.9 Å². The summed E-state index contributed by atoms with van der Waals surface area (Å²) < 4.78 is 13.8. The van der Waals surface area contributed by atoms with Gasteiger partial charge in [0.1, 0.15) is 11.6 Å². The van der Waals surface area contributed by atoms with Gasteiger partial charge in [0, 0.05) is 5.30 Å². The van der Waals surface area contributed by atoms with Gasteiger partial charge in [-0.2, -0.15) is 0 Å². The van der Waals surface area contributed by atoms with Crippen LogP contribution in [0.15, 0.2) is 30.3 Å². The third-order valence-corrected chi connectivity index (χ3v) is 5.63. The maximum atomic E-state index is 13.8. The van der Waals surface area contributed by atoms with Gasteiger partial charge < -0.3 is 10.4 Å². The van der Waals surface area contributed by atoms with Crippen molar-refractivity contribution in [3.05, 3.63) is 58.2 Å². The molecular formula is C22H30ClFNOPTi. The van der Waals surface area contributed by atoms with Crippen molar-refractivity contribution in [3.63, 3.8) is 0 Å². The zero-order chi connectivity index (χ0) is 21.7. The van der Waals surface area contributed by atoms with Gasteiger partial charge in [-0.3, -0.25) is 0 Å². The van der Waals surface area contributed by atoms with Crippen LogP contribution in [0.2, 0.25) is 0 Å². The van der Waals surface area contributed by atoms with Gasteiger partial charge in [0.25, 0.3) is 0 Å². The van der Waals surface area contributed by atoms with Crippen molar-refractivity contribution in [1.29, 1.82) is 0 Å². The van der Waals surface area contributed by atoms with Gasteiger partial charge in [-0.15, -0.1) is 12.1 Å². The topological polar surface area (TPSA) is 34.3 Å². The summed E-state index contributed by atoms with van der Waals surface area (Å²) in [4.78, 5) is 0. The minimum atomic E-state index is -0.249. The number of nitrogens with zero attached hydrogens (tertiary/aromatic N) is 1. The number of aromatic hydroxyl groups is 1. The van der Waals surface area contributed by atoms with Crippen molar-refractivity contribution in [3.8, 4) is 5.75 Å². The number of aryl methyl sites for hydroxylation is 1. The van der Waals surface area contributed by atoms with Crippen molar-refractivity contribution in [1.82, 2.24) is 0 Å². The van der Waals surface area contributed by atoms with E-state index in [0.29, 0.717) is 12.3 Å². The molecule has 1 N–H and O–H groups in total. The Hall–Kier alpha value is -0.436. The molecular weight excluding hydrogens is 428 g/mol. The summed E-state index contributed by atoms with van der Waals surface area (Å²) >= 11 is 1.47. The molecule has 28 heavy (non-hydrogen) atoms. The van der Waals surface area contributed by atoms with Gasteiger partial charge in [0.15, 0.2) is 0 Å². The zero-order valence-electron chi connectivity index (χ0n) is 17.7. The molecule has 0 aliphatic rings. The predicted octanol–water partition coefficient (Wildman–Crippen LogP) is 6.13. The standard InChI is InChI=1S/C22H30FNOP.ClH.Ti/c1-14-10-16(21(2,3)4)12-19(20(14)25)26-18-9-8-17(23)11-15(18)13-24-22(5,6)7;;/h8-12,25-26H,13H2,1-7H3;1H;/q-1;;+2/p-1. The third-order valence-electron chi connectivity index (χ3n) is 4.23. The Labute approximate surface area is 186 Å². The number of hydrogen-bond donors (Lipinski definition) is 1. The molecule has 6 heteroatoms. The van der Waals surface area contributed by atoms with E-state index < -0.39 is 0 Å². The van der Waals surface area contributed by atoms with Crippen LogP contribution in [-0.2, 0) is 31.3 Å². The molecule has 0 aromatic heterocycles. The molecule has 0 radical (unpaired) electrons. The van der Waals surface area contributed by atoms with E-state index in [1.54, 1.807) is 6.07 Å². The first-order valence-corrected chi connectivity index (χ1v) is 12.3. The maximum absolute atomic E-state index is 13.8. The summed E-state index contributed by atoms with van der Waals surface area (Å²) in [5.74, 6) is 0.0841. The summed E-state index contributed by atoms with van der Waals surface area (Å²) in [5.41, 5.74) is 2.79. The van der Waals surface area contributed by atoms with Crippen LogP contribution in [0.1, 0.15) is 58.2 Å². The van der Waals surface area contributed by atoms with Gasteiger partial charge in [-0.05, 0) is 47.0 Å². The number of halogens is 2. The van der Waals surface area contributed by atoms with Crippen molar-refractivity contribution in [2.75, 3.05) is 0 Å².